The minimum atomic E-state index is -4.76. The fourth-order valence-corrected chi connectivity index (χ4v) is 3.32. The van der Waals surface area contributed by atoms with Gasteiger partial charge in [-0.05, 0) is 37.6 Å². The van der Waals surface area contributed by atoms with E-state index in [1.165, 1.54) is 49.7 Å². The van der Waals surface area contributed by atoms with Crippen molar-refractivity contribution in [3.05, 3.63) is 65.0 Å². The first kappa shape index (κ1) is 23.6. The number of hydrogen-bond donors (Lipinski definition) is 1. The third kappa shape index (κ3) is 4.57. The molecule has 0 unspecified atom stereocenters. The Morgan fingerprint density at radius 1 is 0.906 bits per heavy atom. The molecule has 0 atom stereocenters. The molecule has 1 heterocycles. The molecular formula is C21H19F6N3O2. The average molecular weight is 459 g/mol. The minimum absolute atomic E-state index is 0.0174. The average Bonchev–Trinajstić information content (AvgIpc) is 3.08. The molecule has 0 spiro atoms. The molecule has 0 amide bonds. The van der Waals surface area contributed by atoms with Crippen molar-refractivity contribution < 1.29 is 36.2 Å². The lowest BCUT2D eigenvalue weighted by atomic mass is 10.1. The van der Waals surface area contributed by atoms with E-state index in [9.17, 15) is 26.3 Å². The van der Waals surface area contributed by atoms with Gasteiger partial charge >= 0.3 is 12.4 Å². The summed E-state index contributed by atoms with van der Waals surface area (Å²) >= 11 is 0. The Kier molecular flexibility index (Phi) is 5.98. The van der Waals surface area contributed by atoms with Gasteiger partial charge in [0.25, 0.3) is 0 Å². The van der Waals surface area contributed by atoms with Crippen molar-refractivity contribution in [3.63, 3.8) is 0 Å². The molecule has 3 aromatic rings. The van der Waals surface area contributed by atoms with Crippen LogP contribution < -0.4 is 4.74 Å². The van der Waals surface area contributed by atoms with E-state index in [1.54, 1.807) is 0 Å². The SMILES string of the molecule is Cn1c(-c2ccccc2C(F)(F)F)nnc1C(C)(C)Oc1ccc(CO)cc1C(F)(F)F. The summed E-state index contributed by atoms with van der Waals surface area (Å²) in [4.78, 5) is 0. The van der Waals surface area contributed by atoms with Crippen molar-refractivity contribution in [1.82, 2.24) is 14.8 Å². The van der Waals surface area contributed by atoms with E-state index >= 15 is 0 Å². The summed E-state index contributed by atoms with van der Waals surface area (Å²) in [5, 5.41) is 16.9. The zero-order valence-electron chi connectivity index (χ0n) is 17.2. The Morgan fingerprint density at radius 2 is 1.53 bits per heavy atom. The van der Waals surface area contributed by atoms with Crippen LogP contribution in [0.5, 0.6) is 5.75 Å². The maximum absolute atomic E-state index is 13.5. The van der Waals surface area contributed by atoms with Gasteiger partial charge in [0.2, 0.25) is 0 Å². The van der Waals surface area contributed by atoms with Gasteiger partial charge in [-0.25, -0.2) is 0 Å². The number of ether oxygens (including phenoxy) is 1. The summed E-state index contributed by atoms with van der Waals surface area (Å²) < 4.78 is 87.6. The molecule has 11 heteroatoms. The number of halogens is 6. The summed E-state index contributed by atoms with van der Waals surface area (Å²) in [6, 6.07) is 7.93. The van der Waals surface area contributed by atoms with E-state index < -0.39 is 41.4 Å². The predicted molar refractivity (Wildman–Crippen MR) is 102 cm³/mol. The van der Waals surface area contributed by atoms with Crippen molar-refractivity contribution in [2.45, 2.75) is 38.4 Å². The van der Waals surface area contributed by atoms with Gasteiger partial charge in [-0.3, -0.25) is 0 Å². The van der Waals surface area contributed by atoms with Gasteiger partial charge in [0.15, 0.2) is 17.2 Å². The van der Waals surface area contributed by atoms with Crippen LogP contribution in [0.15, 0.2) is 42.5 Å². The fraction of sp³-hybridized carbons (Fsp3) is 0.333. The zero-order valence-corrected chi connectivity index (χ0v) is 17.2. The van der Waals surface area contributed by atoms with Gasteiger partial charge in [-0.15, -0.1) is 10.2 Å². The third-order valence-corrected chi connectivity index (χ3v) is 4.78. The van der Waals surface area contributed by atoms with E-state index in [0.717, 1.165) is 18.2 Å². The normalized spacial score (nSPS) is 12.8. The fourth-order valence-electron chi connectivity index (χ4n) is 3.32. The molecule has 1 aromatic heterocycles. The smallest absolute Gasteiger partial charge is 0.419 e. The maximum Gasteiger partial charge on any atom is 0.419 e. The van der Waals surface area contributed by atoms with Gasteiger partial charge in [-0.1, -0.05) is 24.3 Å². The molecule has 0 aliphatic heterocycles. The van der Waals surface area contributed by atoms with Crippen LogP contribution in [-0.2, 0) is 31.6 Å². The van der Waals surface area contributed by atoms with Crippen LogP contribution in [-0.4, -0.2) is 19.9 Å². The number of nitrogens with zero attached hydrogens (tertiary/aromatic N) is 3. The number of aliphatic hydroxyl groups is 1. The second-order valence-corrected chi connectivity index (χ2v) is 7.55. The van der Waals surface area contributed by atoms with Crippen LogP contribution in [0.3, 0.4) is 0 Å². The zero-order chi connectivity index (χ0) is 23.9. The van der Waals surface area contributed by atoms with Gasteiger partial charge < -0.3 is 14.4 Å². The predicted octanol–water partition coefficient (Wildman–Crippen LogP) is 5.33. The van der Waals surface area contributed by atoms with Crippen LogP contribution in [0.4, 0.5) is 26.3 Å². The van der Waals surface area contributed by atoms with Gasteiger partial charge in [0.05, 0.1) is 17.7 Å². The summed E-state index contributed by atoms with van der Waals surface area (Å²) in [6.45, 7) is 2.27. The minimum Gasteiger partial charge on any atom is -0.479 e. The number of alkyl halides is 6. The lowest BCUT2D eigenvalue weighted by Gasteiger charge is -2.27. The Labute approximate surface area is 179 Å². The monoisotopic (exact) mass is 459 g/mol. The molecule has 0 aliphatic rings. The van der Waals surface area contributed by atoms with Crippen LogP contribution in [0, 0.1) is 0 Å². The molecule has 2 aromatic carbocycles. The van der Waals surface area contributed by atoms with E-state index in [4.69, 9.17) is 9.84 Å². The summed E-state index contributed by atoms with van der Waals surface area (Å²) in [6.07, 6.45) is -9.39. The lowest BCUT2D eigenvalue weighted by molar-refractivity contribution is -0.140. The number of aromatic nitrogens is 3. The van der Waals surface area contributed by atoms with E-state index in [1.807, 2.05) is 0 Å². The standard InChI is InChI=1S/C21H19F6N3O2/c1-19(2,32-16-9-8-12(11-31)10-15(16)21(25,26)27)18-29-28-17(30(18)3)13-6-4-5-7-14(13)20(22,23)24/h4-10,31H,11H2,1-3H3. The Bertz CT molecular complexity index is 1120. The molecule has 32 heavy (non-hydrogen) atoms. The van der Waals surface area contributed by atoms with Crippen molar-refractivity contribution >= 4 is 0 Å². The Morgan fingerprint density at radius 3 is 2.12 bits per heavy atom. The largest absolute Gasteiger partial charge is 0.479 e. The second kappa shape index (κ2) is 8.12. The summed E-state index contributed by atoms with van der Waals surface area (Å²) in [7, 11) is 1.41. The Balaban J connectivity index is 2.04. The highest BCUT2D eigenvalue weighted by Gasteiger charge is 2.39. The Hall–Kier alpha value is -3.08. The lowest BCUT2D eigenvalue weighted by Crippen LogP contribution is -2.30. The third-order valence-electron chi connectivity index (χ3n) is 4.78. The summed E-state index contributed by atoms with van der Waals surface area (Å²) in [5.41, 5.74) is -3.68. The second-order valence-electron chi connectivity index (χ2n) is 7.55. The first-order valence-corrected chi connectivity index (χ1v) is 9.32. The van der Waals surface area contributed by atoms with Crippen molar-refractivity contribution in [2.75, 3.05) is 0 Å². The van der Waals surface area contributed by atoms with E-state index in [-0.39, 0.29) is 22.8 Å². The molecule has 0 aliphatic carbocycles. The highest BCUT2D eigenvalue weighted by Crippen LogP contribution is 2.41. The molecule has 172 valence electrons. The topological polar surface area (TPSA) is 60.2 Å². The molecule has 0 saturated heterocycles. The van der Waals surface area contributed by atoms with Crippen LogP contribution in [0.2, 0.25) is 0 Å². The molecule has 0 bridgehead atoms. The molecule has 5 nitrogen and oxygen atoms in total. The van der Waals surface area contributed by atoms with Gasteiger partial charge in [-0.2, -0.15) is 26.3 Å². The van der Waals surface area contributed by atoms with Crippen LogP contribution in [0.1, 0.15) is 36.4 Å². The molecule has 0 fully saturated rings. The number of aliphatic hydroxyl groups excluding tert-OH is 1. The van der Waals surface area contributed by atoms with Crippen molar-refractivity contribution in [3.8, 4) is 17.1 Å². The molecular weight excluding hydrogens is 440 g/mol. The van der Waals surface area contributed by atoms with Crippen molar-refractivity contribution in [2.24, 2.45) is 7.05 Å². The molecule has 0 saturated carbocycles. The van der Waals surface area contributed by atoms with Crippen molar-refractivity contribution in [1.29, 1.82) is 0 Å². The number of rotatable bonds is 5. The van der Waals surface area contributed by atoms with Gasteiger partial charge in [0, 0.05) is 12.6 Å². The molecule has 3 rings (SSSR count). The van der Waals surface area contributed by atoms with E-state index in [0.29, 0.717) is 0 Å². The highest BCUT2D eigenvalue weighted by molar-refractivity contribution is 5.61. The first-order chi connectivity index (χ1) is 14.8. The molecule has 0 radical (unpaired) electrons. The van der Waals surface area contributed by atoms with Crippen LogP contribution >= 0.6 is 0 Å². The van der Waals surface area contributed by atoms with E-state index in [2.05, 4.69) is 10.2 Å². The first-order valence-electron chi connectivity index (χ1n) is 9.32. The summed E-state index contributed by atoms with van der Waals surface area (Å²) in [5.74, 6) is -0.611. The maximum atomic E-state index is 13.5. The molecule has 1 N–H and O–H groups in total. The van der Waals surface area contributed by atoms with Gasteiger partial charge in [0.1, 0.15) is 5.75 Å². The van der Waals surface area contributed by atoms with Crippen LogP contribution in [0.25, 0.3) is 11.4 Å². The number of hydrogen-bond acceptors (Lipinski definition) is 4. The quantitative estimate of drug-likeness (QED) is 0.525. The highest BCUT2D eigenvalue weighted by atomic mass is 19.4. The number of benzene rings is 2.